The molecule has 0 heterocycles. The molecule has 0 bridgehead atoms. The van der Waals surface area contributed by atoms with E-state index in [4.69, 9.17) is 10.00 Å². The van der Waals surface area contributed by atoms with E-state index in [0.717, 1.165) is 5.56 Å². The topological polar surface area (TPSA) is 103 Å². The maximum atomic E-state index is 11.9. The van der Waals surface area contributed by atoms with Crippen molar-refractivity contribution in [1.82, 2.24) is 16.0 Å². The molecule has 2 amide bonds. The van der Waals surface area contributed by atoms with E-state index in [-0.39, 0.29) is 5.57 Å². The number of nitrogens with zero attached hydrogens (tertiary/aromatic N) is 1. The van der Waals surface area contributed by atoms with E-state index >= 15 is 0 Å². The highest BCUT2D eigenvalue weighted by Gasteiger charge is 2.08. The quantitative estimate of drug-likeness (QED) is 0.378. The molecule has 0 atom stereocenters. The van der Waals surface area contributed by atoms with Gasteiger partial charge in [0.25, 0.3) is 5.91 Å². The molecule has 0 aliphatic heterocycles. The van der Waals surface area contributed by atoms with Crippen LogP contribution >= 0.6 is 0 Å². The van der Waals surface area contributed by atoms with Crippen LogP contribution in [0, 0.1) is 11.3 Å². The summed E-state index contributed by atoms with van der Waals surface area (Å²) >= 11 is 0. The lowest BCUT2D eigenvalue weighted by atomic mass is 10.2. The van der Waals surface area contributed by atoms with Gasteiger partial charge in [-0.15, -0.1) is 0 Å². The van der Waals surface area contributed by atoms with Gasteiger partial charge in [-0.25, -0.2) is 4.79 Å². The van der Waals surface area contributed by atoms with Crippen molar-refractivity contribution in [1.29, 1.82) is 5.26 Å². The summed E-state index contributed by atoms with van der Waals surface area (Å²) in [4.78, 5) is 22.9. The van der Waals surface area contributed by atoms with Crippen LogP contribution in [0.2, 0.25) is 0 Å². The molecule has 7 nitrogen and oxygen atoms in total. The maximum Gasteiger partial charge on any atom is 0.407 e. The Bertz CT molecular complexity index is 579. The Kier molecular flexibility index (Phi) is 8.38. The van der Waals surface area contributed by atoms with E-state index < -0.39 is 12.0 Å². The van der Waals surface area contributed by atoms with E-state index in [1.807, 2.05) is 36.4 Å². The largest absolute Gasteiger partial charge is 0.450 e. The number of nitriles is 1. The number of carbonyl (C=O) groups excluding carboxylic acids is 2. The molecule has 0 saturated heterocycles. The summed E-state index contributed by atoms with van der Waals surface area (Å²) in [5.74, 6) is -0.456. The van der Waals surface area contributed by atoms with Crippen molar-refractivity contribution in [2.24, 2.45) is 0 Å². The molecule has 1 aromatic rings. The first kappa shape index (κ1) is 18.0. The van der Waals surface area contributed by atoms with Crippen LogP contribution in [0.15, 0.2) is 42.1 Å². The Labute approximate surface area is 135 Å². The van der Waals surface area contributed by atoms with Gasteiger partial charge in [0.1, 0.15) is 11.6 Å². The number of carbonyl (C=O) groups is 2. The number of ether oxygens (including phenoxy) is 1. The summed E-state index contributed by atoms with van der Waals surface area (Å²) in [5.41, 5.74) is 0.918. The van der Waals surface area contributed by atoms with E-state index in [9.17, 15) is 9.59 Å². The standard InChI is InChI=1S/C16H20N4O3/c1-2-23-16(22)19-9-8-18-12-14(10-17)15(21)20-11-13-6-4-3-5-7-13/h3-7,12,18H,2,8-9,11H2,1H3,(H,19,22)(H,20,21)/b14-12-. The first-order chi connectivity index (χ1) is 11.2. The Hall–Kier alpha value is -3.01. The van der Waals surface area contributed by atoms with E-state index in [1.54, 1.807) is 6.92 Å². The van der Waals surface area contributed by atoms with Crippen LogP contribution in [0.5, 0.6) is 0 Å². The molecule has 7 heteroatoms. The van der Waals surface area contributed by atoms with Crippen molar-refractivity contribution in [2.75, 3.05) is 19.7 Å². The van der Waals surface area contributed by atoms with Crippen molar-refractivity contribution in [3.8, 4) is 6.07 Å². The summed E-state index contributed by atoms with van der Waals surface area (Å²) in [5, 5.41) is 17.0. The number of hydrogen-bond acceptors (Lipinski definition) is 5. The van der Waals surface area contributed by atoms with Crippen LogP contribution < -0.4 is 16.0 Å². The third-order valence-electron chi connectivity index (χ3n) is 2.72. The molecule has 3 N–H and O–H groups in total. The molecule has 1 aromatic carbocycles. The molecule has 0 spiro atoms. The van der Waals surface area contributed by atoms with Crippen molar-refractivity contribution < 1.29 is 14.3 Å². The minimum atomic E-state index is -0.501. The van der Waals surface area contributed by atoms with Gasteiger partial charge in [0, 0.05) is 25.8 Å². The lowest BCUT2D eigenvalue weighted by Crippen LogP contribution is -2.31. The molecule has 0 aromatic heterocycles. The Balaban J connectivity index is 2.32. The average Bonchev–Trinajstić information content (AvgIpc) is 2.57. The van der Waals surface area contributed by atoms with Crippen LogP contribution in [0.1, 0.15) is 12.5 Å². The molecule has 1 rings (SSSR count). The van der Waals surface area contributed by atoms with E-state index in [1.165, 1.54) is 6.20 Å². The first-order valence-electron chi connectivity index (χ1n) is 7.23. The molecule has 0 aliphatic rings. The second-order valence-corrected chi connectivity index (χ2v) is 4.44. The van der Waals surface area contributed by atoms with Gasteiger partial charge in [-0.2, -0.15) is 5.26 Å². The fraction of sp³-hybridized carbons (Fsp3) is 0.312. The third kappa shape index (κ3) is 7.52. The highest BCUT2D eigenvalue weighted by Crippen LogP contribution is 1.98. The second-order valence-electron chi connectivity index (χ2n) is 4.44. The molecular weight excluding hydrogens is 296 g/mol. The monoisotopic (exact) mass is 316 g/mol. The van der Waals surface area contributed by atoms with Gasteiger partial charge in [-0.3, -0.25) is 4.79 Å². The number of rotatable bonds is 8. The van der Waals surface area contributed by atoms with E-state index in [2.05, 4.69) is 16.0 Å². The molecule has 0 unspecified atom stereocenters. The fourth-order valence-electron chi connectivity index (χ4n) is 1.62. The van der Waals surface area contributed by atoms with Gasteiger partial charge in [0.05, 0.1) is 6.61 Å². The molecule has 0 aliphatic carbocycles. The Morgan fingerprint density at radius 3 is 2.61 bits per heavy atom. The smallest absolute Gasteiger partial charge is 0.407 e. The van der Waals surface area contributed by atoms with Crippen molar-refractivity contribution >= 4 is 12.0 Å². The molecule has 0 fully saturated rings. The number of nitrogens with one attached hydrogen (secondary N) is 3. The number of benzene rings is 1. The predicted octanol–water partition coefficient (Wildman–Crippen LogP) is 1.05. The Morgan fingerprint density at radius 2 is 1.96 bits per heavy atom. The number of hydrogen-bond donors (Lipinski definition) is 3. The molecular formula is C16H20N4O3. The van der Waals surface area contributed by atoms with Crippen LogP contribution in [-0.4, -0.2) is 31.7 Å². The van der Waals surface area contributed by atoms with Gasteiger partial charge in [-0.1, -0.05) is 30.3 Å². The lowest BCUT2D eigenvalue weighted by Gasteiger charge is -2.06. The highest BCUT2D eigenvalue weighted by atomic mass is 16.5. The van der Waals surface area contributed by atoms with Crippen LogP contribution in [-0.2, 0) is 16.1 Å². The first-order valence-corrected chi connectivity index (χ1v) is 7.23. The maximum absolute atomic E-state index is 11.9. The summed E-state index contributed by atoms with van der Waals surface area (Å²) in [6.45, 7) is 3.06. The third-order valence-corrected chi connectivity index (χ3v) is 2.72. The summed E-state index contributed by atoms with van der Waals surface area (Å²) in [6, 6.07) is 11.2. The minimum Gasteiger partial charge on any atom is -0.450 e. The Morgan fingerprint density at radius 1 is 1.22 bits per heavy atom. The second kappa shape index (κ2) is 10.7. The van der Waals surface area contributed by atoms with Gasteiger partial charge in [-0.05, 0) is 12.5 Å². The molecule has 122 valence electrons. The minimum absolute atomic E-state index is 0.0305. The normalized spacial score (nSPS) is 10.3. The van der Waals surface area contributed by atoms with Crippen LogP contribution in [0.4, 0.5) is 4.79 Å². The van der Waals surface area contributed by atoms with Crippen molar-refractivity contribution in [3.63, 3.8) is 0 Å². The summed E-state index contributed by atoms with van der Waals surface area (Å²) in [7, 11) is 0. The fourth-order valence-corrected chi connectivity index (χ4v) is 1.62. The zero-order valence-corrected chi connectivity index (χ0v) is 13.0. The number of alkyl carbamates (subject to hydrolysis) is 1. The van der Waals surface area contributed by atoms with Crippen molar-refractivity contribution in [2.45, 2.75) is 13.5 Å². The molecule has 0 saturated carbocycles. The lowest BCUT2D eigenvalue weighted by molar-refractivity contribution is -0.117. The zero-order chi connectivity index (χ0) is 16.9. The van der Waals surface area contributed by atoms with Gasteiger partial charge in [0.15, 0.2) is 0 Å². The predicted molar refractivity (Wildman–Crippen MR) is 85.0 cm³/mol. The van der Waals surface area contributed by atoms with Crippen molar-refractivity contribution in [3.05, 3.63) is 47.7 Å². The van der Waals surface area contributed by atoms with Gasteiger partial charge in [0.2, 0.25) is 0 Å². The average molecular weight is 316 g/mol. The SMILES string of the molecule is CCOC(=O)NCCN/C=C(/C#N)C(=O)NCc1ccccc1. The molecule has 0 radical (unpaired) electrons. The van der Waals surface area contributed by atoms with E-state index in [0.29, 0.717) is 26.2 Å². The van der Waals surface area contributed by atoms with Gasteiger partial charge < -0.3 is 20.7 Å². The molecule has 23 heavy (non-hydrogen) atoms. The van der Waals surface area contributed by atoms with Crippen LogP contribution in [0.25, 0.3) is 0 Å². The summed E-state index contributed by atoms with van der Waals surface area (Å²) in [6.07, 6.45) is 0.826. The highest BCUT2D eigenvalue weighted by molar-refractivity contribution is 5.97. The summed E-state index contributed by atoms with van der Waals surface area (Å²) < 4.78 is 4.69. The van der Waals surface area contributed by atoms with Gasteiger partial charge >= 0.3 is 6.09 Å². The number of amides is 2. The zero-order valence-electron chi connectivity index (χ0n) is 13.0. The van der Waals surface area contributed by atoms with Crippen LogP contribution in [0.3, 0.4) is 0 Å².